The van der Waals surface area contributed by atoms with Gasteiger partial charge >= 0.3 is 6.18 Å². The van der Waals surface area contributed by atoms with Gasteiger partial charge in [0.25, 0.3) is 5.56 Å². The van der Waals surface area contributed by atoms with Gasteiger partial charge in [0.2, 0.25) is 0 Å². The van der Waals surface area contributed by atoms with Crippen LogP contribution >= 0.6 is 23.4 Å². The Morgan fingerprint density at radius 1 is 1.40 bits per heavy atom. The smallest absolute Gasteiger partial charge is 0.381 e. The molecule has 1 N–H and O–H groups in total. The normalized spacial score (nSPS) is 15.9. The van der Waals surface area contributed by atoms with E-state index in [9.17, 15) is 18.0 Å². The van der Waals surface area contributed by atoms with E-state index in [1.54, 1.807) is 11.8 Å². The van der Waals surface area contributed by atoms with Crippen molar-refractivity contribution in [3.8, 4) is 5.69 Å². The molecule has 0 amide bonds. The van der Waals surface area contributed by atoms with Crippen molar-refractivity contribution in [3.05, 3.63) is 51.4 Å². The van der Waals surface area contributed by atoms with Crippen LogP contribution in [0.5, 0.6) is 0 Å². The van der Waals surface area contributed by atoms with Gasteiger partial charge in [-0.15, -0.1) is 0 Å². The van der Waals surface area contributed by atoms with E-state index >= 15 is 0 Å². The lowest BCUT2D eigenvalue weighted by atomic mass is 10.2. The molecule has 0 aliphatic heterocycles. The fourth-order valence-corrected chi connectivity index (χ4v) is 3.33. The Bertz CT molecular complexity index is 849. The number of thioether (sulfide) groups is 1. The van der Waals surface area contributed by atoms with Crippen LogP contribution < -0.4 is 10.9 Å². The van der Waals surface area contributed by atoms with Gasteiger partial charge in [-0.2, -0.15) is 34.7 Å². The van der Waals surface area contributed by atoms with Crippen LogP contribution in [0, 0.1) is 0 Å². The van der Waals surface area contributed by atoms with Gasteiger partial charge in [0.1, 0.15) is 5.02 Å². The summed E-state index contributed by atoms with van der Waals surface area (Å²) in [6.45, 7) is 0.655. The summed E-state index contributed by atoms with van der Waals surface area (Å²) in [5, 5.41) is 6.98. The molecular weight excluding hydrogens is 375 g/mol. The molecule has 0 atom stereocenters. The van der Waals surface area contributed by atoms with E-state index in [2.05, 4.69) is 10.4 Å². The Morgan fingerprint density at radius 3 is 2.72 bits per heavy atom. The second kappa shape index (κ2) is 6.57. The van der Waals surface area contributed by atoms with Crippen LogP contribution in [-0.2, 0) is 6.18 Å². The highest BCUT2D eigenvalue weighted by Crippen LogP contribution is 2.47. The summed E-state index contributed by atoms with van der Waals surface area (Å²) in [6.07, 6.45) is 1.07. The molecule has 134 valence electrons. The summed E-state index contributed by atoms with van der Waals surface area (Å²) in [7, 11) is 0. The first-order chi connectivity index (χ1) is 11.8. The molecule has 25 heavy (non-hydrogen) atoms. The van der Waals surface area contributed by atoms with Crippen molar-refractivity contribution in [2.45, 2.75) is 23.8 Å². The van der Waals surface area contributed by atoms with E-state index < -0.39 is 17.3 Å². The van der Waals surface area contributed by atoms with E-state index in [4.69, 9.17) is 11.6 Å². The number of anilines is 1. The van der Waals surface area contributed by atoms with E-state index in [-0.39, 0.29) is 15.5 Å². The van der Waals surface area contributed by atoms with Crippen molar-refractivity contribution in [3.63, 3.8) is 0 Å². The number of aromatic nitrogens is 2. The maximum absolute atomic E-state index is 12.8. The van der Waals surface area contributed by atoms with E-state index in [0.717, 1.165) is 29.7 Å². The third-order valence-corrected chi connectivity index (χ3v) is 5.96. The molecule has 1 heterocycles. The predicted molar refractivity (Wildman–Crippen MR) is 93.8 cm³/mol. The first kappa shape index (κ1) is 18.1. The minimum Gasteiger partial charge on any atom is -0.381 e. The predicted octanol–water partition coefficient (Wildman–Crippen LogP) is 4.21. The molecule has 1 aliphatic carbocycles. The summed E-state index contributed by atoms with van der Waals surface area (Å²) in [4.78, 5) is 12.4. The average molecular weight is 390 g/mol. The summed E-state index contributed by atoms with van der Waals surface area (Å²) >= 11 is 7.86. The van der Waals surface area contributed by atoms with Crippen molar-refractivity contribution < 1.29 is 13.2 Å². The van der Waals surface area contributed by atoms with Gasteiger partial charge in [-0.05, 0) is 37.3 Å². The highest BCUT2D eigenvalue weighted by atomic mass is 35.5. The third-order valence-electron chi connectivity index (χ3n) is 4.18. The van der Waals surface area contributed by atoms with Crippen LogP contribution in [0.1, 0.15) is 18.4 Å². The van der Waals surface area contributed by atoms with Gasteiger partial charge in [-0.25, -0.2) is 0 Å². The number of nitrogens with zero attached hydrogens (tertiary/aromatic N) is 2. The summed E-state index contributed by atoms with van der Waals surface area (Å²) in [6, 6.07) is 4.40. The highest BCUT2D eigenvalue weighted by molar-refractivity contribution is 8.00. The molecule has 4 nitrogen and oxygen atoms in total. The van der Waals surface area contributed by atoms with Crippen LogP contribution in [0.15, 0.2) is 35.3 Å². The van der Waals surface area contributed by atoms with Crippen LogP contribution in [0.25, 0.3) is 5.69 Å². The molecule has 1 aromatic carbocycles. The van der Waals surface area contributed by atoms with Crippen LogP contribution in [-0.4, -0.2) is 27.3 Å². The SMILES string of the molecule is CSC1(CNc2cnn(-c3cccc(C(F)(F)F)c3)c(=O)c2Cl)CC1. The zero-order chi connectivity index (χ0) is 18.2. The van der Waals surface area contributed by atoms with Crippen LogP contribution in [0.2, 0.25) is 5.02 Å². The van der Waals surface area contributed by atoms with Gasteiger partial charge in [-0.1, -0.05) is 17.7 Å². The maximum atomic E-state index is 12.8. The monoisotopic (exact) mass is 389 g/mol. The quantitative estimate of drug-likeness (QED) is 0.832. The second-order valence-corrected chi connectivity index (χ2v) is 7.53. The van der Waals surface area contributed by atoms with E-state index in [1.165, 1.54) is 18.3 Å². The van der Waals surface area contributed by atoms with Crippen LogP contribution in [0.3, 0.4) is 0 Å². The zero-order valence-corrected chi connectivity index (χ0v) is 14.8. The Labute approximate surface area is 151 Å². The third kappa shape index (κ3) is 3.79. The van der Waals surface area contributed by atoms with Crippen molar-refractivity contribution in [1.29, 1.82) is 0 Å². The molecule has 0 radical (unpaired) electrons. The first-order valence-electron chi connectivity index (χ1n) is 7.50. The number of alkyl halides is 3. The first-order valence-corrected chi connectivity index (χ1v) is 9.10. The summed E-state index contributed by atoms with van der Waals surface area (Å²) < 4.78 is 39.5. The van der Waals surface area contributed by atoms with Crippen molar-refractivity contribution in [2.24, 2.45) is 0 Å². The number of hydrogen-bond donors (Lipinski definition) is 1. The molecular formula is C16H15ClF3N3OS. The molecule has 1 saturated carbocycles. The number of rotatable bonds is 5. The second-order valence-electron chi connectivity index (χ2n) is 5.88. The van der Waals surface area contributed by atoms with E-state index in [0.29, 0.717) is 12.2 Å². The molecule has 1 aliphatic rings. The Hall–Kier alpha value is -1.67. The lowest BCUT2D eigenvalue weighted by Crippen LogP contribution is -2.25. The Balaban J connectivity index is 1.89. The molecule has 1 fully saturated rings. The Morgan fingerprint density at radius 2 is 2.12 bits per heavy atom. The van der Waals surface area contributed by atoms with Gasteiger partial charge < -0.3 is 5.32 Å². The summed E-state index contributed by atoms with van der Waals surface area (Å²) in [5.41, 5.74) is -1.13. The van der Waals surface area contributed by atoms with Gasteiger partial charge in [-0.3, -0.25) is 4.79 Å². The standard InChI is InChI=1S/C16H15ClF3N3OS/c1-25-15(5-6-15)9-21-12-8-22-23(14(24)13(12)17)11-4-2-3-10(7-11)16(18,19)20/h2-4,7-8,21H,5-6,9H2,1H3. The molecule has 2 aromatic rings. The average Bonchev–Trinajstić information content (AvgIpc) is 3.36. The Kier molecular flexibility index (Phi) is 4.76. The summed E-state index contributed by atoms with van der Waals surface area (Å²) in [5.74, 6) is 0. The van der Waals surface area contributed by atoms with Gasteiger partial charge in [0.05, 0.1) is 23.1 Å². The van der Waals surface area contributed by atoms with Crippen molar-refractivity contribution in [1.82, 2.24) is 9.78 Å². The highest BCUT2D eigenvalue weighted by Gasteiger charge is 2.41. The molecule has 0 saturated heterocycles. The van der Waals surface area contributed by atoms with Crippen molar-refractivity contribution in [2.75, 3.05) is 18.1 Å². The molecule has 0 unspecified atom stereocenters. The lowest BCUT2D eigenvalue weighted by molar-refractivity contribution is -0.137. The van der Waals surface area contributed by atoms with E-state index in [1.807, 2.05) is 6.26 Å². The molecule has 9 heteroatoms. The zero-order valence-electron chi connectivity index (χ0n) is 13.2. The largest absolute Gasteiger partial charge is 0.416 e. The fourth-order valence-electron chi connectivity index (χ4n) is 2.40. The number of hydrogen-bond acceptors (Lipinski definition) is 4. The lowest BCUT2D eigenvalue weighted by Gasteiger charge is -2.15. The van der Waals surface area contributed by atoms with Crippen LogP contribution in [0.4, 0.5) is 18.9 Å². The number of benzene rings is 1. The number of halogens is 4. The molecule has 0 spiro atoms. The number of nitrogens with one attached hydrogen (secondary N) is 1. The fraction of sp³-hybridized carbons (Fsp3) is 0.375. The van der Waals surface area contributed by atoms with Gasteiger partial charge in [0.15, 0.2) is 0 Å². The minimum absolute atomic E-state index is 0.0102. The molecule has 1 aromatic heterocycles. The maximum Gasteiger partial charge on any atom is 0.416 e. The molecule has 0 bridgehead atoms. The topological polar surface area (TPSA) is 46.9 Å². The van der Waals surface area contributed by atoms with Gasteiger partial charge in [0, 0.05) is 11.3 Å². The minimum atomic E-state index is -4.50. The van der Waals surface area contributed by atoms with Crippen molar-refractivity contribution >= 4 is 29.1 Å². The molecule has 3 rings (SSSR count).